The molecule has 1 aromatic heterocycles. The van der Waals surface area contributed by atoms with Crippen molar-refractivity contribution in [3.63, 3.8) is 0 Å². The largest absolute Gasteiger partial charge is 0.481 e. The molecule has 2 atom stereocenters. The topological polar surface area (TPSA) is 76.2 Å². The quantitative estimate of drug-likeness (QED) is 0.865. The normalized spacial score (nSPS) is 21.3. The van der Waals surface area contributed by atoms with E-state index in [-0.39, 0.29) is 11.8 Å². The van der Waals surface area contributed by atoms with Crippen LogP contribution in [0.4, 0.5) is 0 Å². The van der Waals surface area contributed by atoms with Crippen molar-refractivity contribution in [3.05, 3.63) is 30.2 Å². The van der Waals surface area contributed by atoms with E-state index in [0.29, 0.717) is 18.1 Å². The molecule has 0 bridgehead atoms. The van der Waals surface area contributed by atoms with Crippen LogP contribution in [0.5, 0.6) is 0 Å². The first-order chi connectivity index (χ1) is 9.19. The van der Waals surface area contributed by atoms with Crippen molar-refractivity contribution in [2.75, 3.05) is 6.26 Å². The van der Waals surface area contributed by atoms with E-state index in [1.54, 1.807) is 11.8 Å². The Balaban J connectivity index is 1.79. The Hall–Kier alpha value is -1.82. The highest BCUT2D eigenvalue weighted by Gasteiger charge is 2.48. The van der Waals surface area contributed by atoms with Crippen LogP contribution in [-0.4, -0.2) is 27.5 Å². The molecule has 1 fully saturated rings. The summed E-state index contributed by atoms with van der Waals surface area (Å²) in [7, 11) is 0. The number of hydrogen-bond donors (Lipinski definition) is 1. The summed E-state index contributed by atoms with van der Waals surface area (Å²) < 4.78 is 5.15. The van der Waals surface area contributed by atoms with Gasteiger partial charge in [0.15, 0.2) is 0 Å². The third-order valence-electron chi connectivity index (χ3n) is 3.21. The summed E-state index contributed by atoms with van der Waals surface area (Å²) in [5.41, 5.74) is 0.875. The molecule has 0 saturated heterocycles. The Morgan fingerprint density at radius 2 is 2.16 bits per heavy atom. The maximum Gasteiger partial charge on any atom is 0.307 e. The van der Waals surface area contributed by atoms with Crippen molar-refractivity contribution < 1.29 is 14.4 Å². The number of thioether (sulfide) groups is 1. The predicted molar refractivity (Wildman–Crippen MR) is 70.0 cm³/mol. The Labute approximate surface area is 114 Å². The maximum atomic E-state index is 10.8. The van der Waals surface area contributed by atoms with Crippen LogP contribution in [0.2, 0.25) is 0 Å². The van der Waals surface area contributed by atoms with Crippen LogP contribution in [0.3, 0.4) is 0 Å². The number of rotatable bonds is 4. The molecule has 2 unspecified atom stereocenters. The van der Waals surface area contributed by atoms with E-state index in [9.17, 15) is 4.79 Å². The fourth-order valence-electron chi connectivity index (χ4n) is 1.98. The molecule has 3 rings (SSSR count). The zero-order valence-electron chi connectivity index (χ0n) is 10.2. The Morgan fingerprint density at radius 3 is 2.74 bits per heavy atom. The van der Waals surface area contributed by atoms with Crippen LogP contribution < -0.4 is 0 Å². The number of carboxylic acids is 1. The van der Waals surface area contributed by atoms with Gasteiger partial charge < -0.3 is 9.63 Å². The van der Waals surface area contributed by atoms with Crippen molar-refractivity contribution >= 4 is 17.7 Å². The number of carbonyl (C=O) groups is 1. The van der Waals surface area contributed by atoms with Crippen molar-refractivity contribution in [3.8, 4) is 11.4 Å². The highest BCUT2D eigenvalue weighted by molar-refractivity contribution is 7.98. The predicted octanol–water partition coefficient (Wildman–Crippen LogP) is 2.65. The van der Waals surface area contributed by atoms with Gasteiger partial charge in [-0.1, -0.05) is 5.16 Å². The van der Waals surface area contributed by atoms with Crippen molar-refractivity contribution in [2.24, 2.45) is 5.92 Å². The second-order valence-corrected chi connectivity index (χ2v) is 5.35. The van der Waals surface area contributed by atoms with E-state index in [4.69, 9.17) is 9.63 Å². The van der Waals surface area contributed by atoms with Gasteiger partial charge in [0.25, 0.3) is 0 Å². The van der Waals surface area contributed by atoms with Crippen LogP contribution in [0.25, 0.3) is 11.4 Å². The number of aromatic nitrogens is 2. The first-order valence-corrected chi connectivity index (χ1v) is 7.12. The molecule has 0 spiro atoms. The molecule has 0 amide bonds. The molecule has 0 radical (unpaired) electrons. The second-order valence-electron chi connectivity index (χ2n) is 4.47. The molecule has 98 valence electrons. The van der Waals surface area contributed by atoms with Crippen molar-refractivity contribution in [1.29, 1.82) is 0 Å². The molecular weight excluding hydrogens is 264 g/mol. The molecular formula is C13H12N2O3S. The maximum absolute atomic E-state index is 10.8. The van der Waals surface area contributed by atoms with Crippen LogP contribution >= 0.6 is 11.8 Å². The Morgan fingerprint density at radius 1 is 1.42 bits per heavy atom. The lowest BCUT2D eigenvalue weighted by Crippen LogP contribution is -1.98. The molecule has 19 heavy (non-hydrogen) atoms. The van der Waals surface area contributed by atoms with Crippen LogP contribution in [-0.2, 0) is 4.79 Å². The highest BCUT2D eigenvalue weighted by Crippen LogP contribution is 2.47. The van der Waals surface area contributed by atoms with Gasteiger partial charge in [-0.25, -0.2) is 0 Å². The Bertz CT molecular complexity index is 609. The minimum Gasteiger partial charge on any atom is -0.481 e. The van der Waals surface area contributed by atoms with Gasteiger partial charge in [0.1, 0.15) is 0 Å². The van der Waals surface area contributed by atoms with Gasteiger partial charge in [-0.3, -0.25) is 4.79 Å². The van der Waals surface area contributed by atoms with Gasteiger partial charge in [-0.15, -0.1) is 11.8 Å². The van der Waals surface area contributed by atoms with Gasteiger partial charge >= 0.3 is 5.97 Å². The number of benzene rings is 1. The molecule has 2 aromatic rings. The molecule has 6 heteroatoms. The lowest BCUT2D eigenvalue weighted by molar-refractivity contribution is -0.138. The van der Waals surface area contributed by atoms with Gasteiger partial charge in [0.2, 0.25) is 11.7 Å². The van der Waals surface area contributed by atoms with E-state index >= 15 is 0 Å². The van der Waals surface area contributed by atoms with E-state index < -0.39 is 5.97 Å². The van der Waals surface area contributed by atoms with E-state index in [1.807, 2.05) is 30.5 Å². The smallest absolute Gasteiger partial charge is 0.307 e. The SMILES string of the molecule is CSc1ccc(-c2noc(C3CC3C(=O)O)n2)cc1. The van der Waals surface area contributed by atoms with Crippen LogP contribution in [0.1, 0.15) is 18.2 Å². The molecule has 1 aromatic carbocycles. The van der Waals surface area contributed by atoms with Crippen molar-refractivity contribution in [1.82, 2.24) is 10.1 Å². The molecule has 1 saturated carbocycles. The highest BCUT2D eigenvalue weighted by atomic mass is 32.2. The molecule has 1 N–H and O–H groups in total. The Kier molecular flexibility index (Phi) is 3.02. The zero-order chi connectivity index (χ0) is 13.4. The fraction of sp³-hybridized carbons (Fsp3) is 0.308. The van der Waals surface area contributed by atoms with Gasteiger partial charge in [0.05, 0.1) is 11.8 Å². The monoisotopic (exact) mass is 276 g/mol. The van der Waals surface area contributed by atoms with Crippen LogP contribution in [0.15, 0.2) is 33.7 Å². The first kappa shape index (κ1) is 12.2. The van der Waals surface area contributed by atoms with E-state index in [2.05, 4.69) is 10.1 Å². The number of hydrogen-bond acceptors (Lipinski definition) is 5. The second kappa shape index (κ2) is 4.70. The minimum atomic E-state index is -0.797. The molecule has 1 aliphatic rings. The van der Waals surface area contributed by atoms with Gasteiger partial charge in [0, 0.05) is 10.5 Å². The standard InChI is InChI=1S/C13H12N2O3S/c1-19-8-4-2-7(3-5-8)11-14-12(18-15-11)9-6-10(9)13(16)17/h2-5,9-10H,6H2,1H3,(H,16,17). The number of carboxylic acid groups (broad SMARTS) is 1. The average molecular weight is 276 g/mol. The number of nitrogens with zero attached hydrogens (tertiary/aromatic N) is 2. The van der Waals surface area contributed by atoms with E-state index in [0.717, 1.165) is 5.56 Å². The summed E-state index contributed by atoms with van der Waals surface area (Å²) in [4.78, 5) is 16.3. The minimum absolute atomic E-state index is 0.121. The summed E-state index contributed by atoms with van der Waals surface area (Å²) in [5, 5.41) is 12.8. The molecule has 1 heterocycles. The summed E-state index contributed by atoms with van der Waals surface area (Å²) in [6.45, 7) is 0. The average Bonchev–Trinajstić information content (AvgIpc) is 3.09. The van der Waals surface area contributed by atoms with Gasteiger partial charge in [-0.2, -0.15) is 4.98 Å². The summed E-state index contributed by atoms with van der Waals surface area (Å²) in [5.74, 6) is -0.347. The number of aliphatic carboxylic acids is 1. The lowest BCUT2D eigenvalue weighted by Gasteiger charge is -1.96. The summed E-state index contributed by atoms with van der Waals surface area (Å²) >= 11 is 1.67. The summed E-state index contributed by atoms with van der Waals surface area (Å²) in [6, 6.07) is 7.85. The molecule has 5 nitrogen and oxygen atoms in total. The lowest BCUT2D eigenvalue weighted by atomic mass is 10.2. The first-order valence-electron chi connectivity index (χ1n) is 5.90. The molecule has 0 aliphatic heterocycles. The fourth-order valence-corrected chi connectivity index (χ4v) is 2.39. The van der Waals surface area contributed by atoms with Crippen LogP contribution in [0, 0.1) is 5.92 Å². The van der Waals surface area contributed by atoms with Crippen molar-refractivity contribution in [2.45, 2.75) is 17.2 Å². The zero-order valence-corrected chi connectivity index (χ0v) is 11.1. The third kappa shape index (κ3) is 2.35. The van der Waals surface area contributed by atoms with E-state index in [1.165, 1.54) is 4.90 Å². The third-order valence-corrected chi connectivity index (χ3v) is 3.96. The molecule has 1 aliphatic carbocycles. The van der Waals surface area contributed by atoms with Gasteiger partial charge in [-0.05, 0) is 36.9 Å². The summed E-state index contributed by atoms with van der Waals surface area (Å²) in [6.07, 6.45) is 2.60.